The third-order valence-electron chi connectivity index (χ3n) is 4.67. The van der Waals surface area contributed by atoms with Gasteiger partial charge in [-0.05, 0) is 37.1 Å². The van der Waals surface area contributed by atoms with Crippen LogP contribution in [0.5, 0.6) is 0 Å². The molecule has 0 amide bonds. The molecule has 1 saturated heterocycles. The number of nitrogens with zero attached hydrogens (tertiary/aromatic N) is 1. The number of ether oxygens (including phenoxy) is 1. The van der Waals surface area contributed by atoms with E-state index >= 15 is 0 Å². The fraction of sp³-hybridized carbons (Fsp3) is 0.562. The molecule has 1 aromatic rings. The van der Waals surface area contributed by atoms with Crippen molar-refractivity contribution in [2.75, 3.05) is 19.6 Å². The number of benzene rings is 1. The summed E-state index contributed by atoms with van der Waals surface area (Å²) in [6.07, 6.45) is -1.17. The molecule has 6 heteroatoms. The number of hydrogen-bond donors (Lipinski definition) is 2. The Hall–Kier alpha value is -1.50. The Morgan fingerprint density at radius 1 is 1.55 bits per heavy atom. The van der Waals surface area contributed by atoms with Crippen molar-refractivity contribution in [1.82, 2.24) is 4.90 Å². The van der Waals surface area contributed by atoms with Gasteiger partial charge in [-0.3, -0.25) is 4.90 Å². The van der Waals surface area contributed by atoms with Gasteiger partial charge in [-0.15, -0.1) is 0 Å². The SMILES string of the molecule is Cc1c([C@@H](O)CN2CC[C@H](N)[C@H](F)C2)ccc2c1COC2=O. The Labute approximate surface area is 128 Å². The molecule has 0 aromatic heterocycles. The molecule has 120 valence electrons. The first-order valence-corrected chi connectivity index (χ1v) is 7.57. The molecule has 0 spiro atoms. The van der Waals surface area contributed by atoms with Gasteiger partial charge in [-0.2, -0.15) is 0 Å². The predicted molar refractivity (Wildman–Crippen MR) is 79.2 cm³/mol. The van der Waals surface area contributed by atoms with Crippen molar-refractivity contribution < 1.29 is 19.0 Å². The zero-order valence-electron chi connectivity index (χ0n) is 12.6. The van der Waals surface area contributed by atoms with Gasteiger partial charge in [0.2, 0.25) is 0 Å². The third-order valence-corrected chi connectivity index (χ3v) is 4.67. The van der Waals surface area contributed by atoms with Crippen LogP contribution in [0.15, 0.2) is 12.1 Å². The molecule has 0 unspecified atom stereocenters. The molecular weight excluding hydrogens is 287 g/mol. The van der Waals surface area contributed by atoms with Gasteiger partial charge >= 0.3 is 5.97 Å². The smallest absolute Gasteiger partial charge is 0.338 e. The Morgan fingerprint density at radius 2 is 2.32 bits per heavy atom. The van der Waals surface area contributed by atoms with E-state index < -0.39 is 18.3 Å². The number of carbonyl (C=O) groups is 1. The van der Waals surface area contributed by atoms with Gasteiger partial charge in [0, 0.05) is 24.7 Å². The quantitative estimate of drug-likeness (QED) is 0.817. The summed E-state index contributed by atoms with van der Waals surface area (Å²) in [5.41, 5.74) is 8.72. The largest absolute Gasteiger partial charge is 0.457 e. The molecule has 2 aliphatic rings. The second-order valence-electron chi connectivity index (χ2n) is 6.13. The van der Waals surface area contributed by atoms with Crippen molar-refractivity contribution in [3.8, 4) is 0 Å². The lowest BCUT2D eigenvalue weighted by molar-refractivity contribution is 0.0535. The summed E-state index contributed by atoms with van der Waals surface area (Å²) in [5, 5.41) is 10.5. The molecule has 5 nitrogen and oxygen atoms in total. The van der Waals surface area contributed by atoms with Gasteiger partial charge in [0.05, 0.1) is 11.7 Å². The highest BCUT2D eigenvalue weighted by Crippen LogP contribution is 2.29. The Morgan fingerprint density at radius 3 is 3.05 bits per heavy atom. The highest BCUT2D eigenvalue weighted by Gasteiger charge is 2.29. The Balaban J connectivity index is 1.73. The van der Waals surface area contributed by atoms with Gasteiger partial charge in [0.15, 0.2) is 0 Å². The van der Waals surface area contributed by atoms with E-state index in [4.69, 9.17) is 10.5 Å². The molecule has 22 heavy (non-hydrogen) atoms. The number of carbonyl (C=O) groups excluding carboxylic acids is 1. The number of aliphatic hydroxyl groups excluding tert-OH is 1. The van der Waals surface area contributed by atoms with Crippen molar-refractivity contribution >= 4 is 5.97 Å². The summed E-state index contributed by atoms with van der Waals surface area (Å²) in [4.78, 5) is 13.4. The second-order valence-corrected chi connectivity index (χ2v) is 6.13. The summed E-state index contributed by atoms with van der Waals surface area (Å²) in [7, 11) is 0. The maximum absolute atomic E-state index is 13.7. The van der Waals surface area contributed by atoms with Crippen LogP contribution in [-0.4, -0.2) is 47.8 Å². The molecule has 0 radical (unpaired) electrons. The summed E-state index contributed by atoms with van der Waals surface area (Å²) in [6.45, 7) is 3.44. The number of hydrogen-bond acceptors (Lipinski definition) is 5. The monoisotopic (exact) mass is 308 g/mol. The fourth-order valence-corrected chi connectivity index (χ4v) is 3.22. The van der Waals surface area contributed by atoms with Crippen molar-refractivity contribution in [3.63, 3.8) is 0 Å². The van der Waals surface area contributed by atoms with Gasteiger partial charge in [0.1, 0.15) is 12.8 Å². The minimum Gasteiger partial charge on any atom is -0.457 e. The zero-order valence-corrected chi connectivity index (χ0v) is 12.6. The van der Waals surface area contributed by atoms with E-state index in [1.54, 1.807) is 12.1 Å². The van der Waals surface area contributed by atoms with Crippen LogP contribution in [0.2, 0.25) is 0 Å². The van der Waals surface area contributed by atoms with Gasteiger partial charge in [0.25, 0.3) is 0 Å². The van der Waals surface area contributed by atoms with E-state index in [-0.39, 0.29) is 19.1 Å². The molecule has 1 fully saturated rings. The average molecular weight is 308 g/mol. The maximum Gasteiger partial charge on any atom is 0.338 e. The molecule has 0 aliphatic carbocycles. The number of aliphatic hydroxyl groups is 1. The molecule has 2 aliphatic heterocycles. The number of halogens is 1. The van der Waals surface area contributed by atoms with Crippen LogP contribution in [0.1, 0.15) is 39.6 Å². The van der Waals surface area contributed by atoms with E-state index in [1.807, 2.05) is 11.8 Å². The number of esters is 1. The third kappa shape index (κ3) is 2.74. The number of β-amino-alcohol motifs (C(OH)–C–C–N with tert-alkyl or cyclic N) is 1. The number of alkyl halides is 1. The summed E-state index contributed by atoms with van der Waals surface area (Å²) in [6, 6.07) is 3.05. The number of fused-ring (bicyclic) bond motifs is 1. The summed E-state index contributed by atoms with van der Waals surface area (Å²) >= 11 is 0. The maximum atomic E-state index is 13.7. The van der Waals surface area contributed by atoms with E-state index in [9.17, 15) is 14.3 Å². The first-order valence-electron chi connectivity index (χ1n) is 7.57. The number of piperidine rings is 1. The molecule has 1 aromatic carbocycles. The van der Waals surface area contributed by atoms with Crippen molar-refractivity contribution in [2.45, 2.75) is 38.3 Å². The van der Waals surface area contributed by atoms with Crippen molar-refractivity contribution in [1.29, 1.82) is 0 Å². The number of rotatable bonds is 3. The van der Waals surface area contributed by atoms with Crippen LogP contribution >= 0.6 is 0 Å². The predicted octanol–water partition coefficient (Wildman–Crippen LogP) is 1.07. The number of likely N-dealkylation sites (tertiary alicyclic amines) is 1. The Kier molecular flexibility index (Phi) is 4.16. The molecule has 3 N–H and O–H groups in total. The first kappa shape index (κ1) is 15.4. The van der Waals surface area contributed by atoms with E-state index in [0.717, 1.165) is 16.7 Å². The van der Waals surface area contributed by atoms with Gasteiger partial charge in [-0.1, -0.05) is 6.07 Å². The molecular formula is C16H21FN2O3. The zero-order chi connectivity index (χ0) is 15.9. The normalized spacial score (nSPS) is 26.6. The first-order chi connectivity index (χ1) is 10.5. The summed E-state index contributed by atoms with van der Waals surface area (Å²) in [5.74, 6) is -0.315. The molecule has 3 rings (SSSR count). The van der Waals surface area contributed by atoms with Crippen LogP contribution in [0, 0.1) is 6.92 Å². The van der Waals surface area contributed by atoms with Crippen molar-refractivity contribution in [3.05, 3.63) is 34.4 Å². The van der Waals surface area contributed by atoms with Crippen LogP contribution < -0.4 is 5.73 Å². The average Bonchev–Trinajstić information content (AvgIpc) is 2.86. The highest BCUT2D eigenvalue weighted by atomic mass is 19.1. The number of nitrogens with two attached hydrogens (primary N) is 1. The molecule has 0 saturated carbocycles. The van der Waals surface area contributed by atoms with Crippen LogP contribution in [0.3, 0.4) is 0 Å². The topological polar surface area (TPSA) is 75.8 Å². The standard InChI is InChI=1S/C16H21FN2O3/c1-9-10(2-3-11-12(9)8-22-16(11)21)15(20)7-19-5-4-14(18)13(17)6-19/h2-3,13-15,20H,4-8,18H2,1H3/t13-,14+,15+/m1/s1. The molecule has 3 atom stereocenters. The molecule has 0 bridgehead atoms. The van der Waals surface area contributed by atoms with Crippen LogP contribution in [0.4, 0.5) is 4.39 Å². The molecule has 2 heterocycles. The van der Waals surface area contributed by atoms with E-state index in [1.165, 1.54) is 0 Å². The number of cyclic esters (lactones) is 1. The van der Waals surface area contributed by atoms with Gasteiger partial charge < -0.3 is 15.6 Å². The minimum atomic E-state index is -1.05. The highest BCUT2D eigenvalue weighted by molar-refractivity contribution is 5.93. The van der Waals surface area contributed by atoms with Crippen LogP contribution in [0.25, 0.3) is 0 Å². The fourth-order valence-electron chi connectivity index (χ4n) is 3.22. The minimum absolute atomic E-state index is 0.254. The van der Waals surface area contributed by atoms with Crippen molar-refractivity contribution in [2.24, 2.45) is 5.73 Å². The van der Waals surface area contributed by atoms with E-state index in [2.05, 4.69) is 0 Å². The Bertz CT molecular complexity index is 593. The van der Waals surface area contributed by atoms with Gasteiger partial charge in [-0.25, -0.2) is 9.18 Å². The lowest BCUT2D eigenvalue weighted by atomic mass is 9.94. The lowest BCUT2D eigenvalue weighted by Crippen LogP contribution is -2.49. The van der Waals surface area contributed by atoms with Crippen LogP contribution in [-0.2, 0) is 11.3 Å². The second kappa shape index (κ2) is 5.95. The van der Waals surface area contributed by atoms with E-state index in [0.29, 0.717) is 25.1 Å². The summed E-state index contributed by atoms with van der Waals surface area (Å²) < 4.78 is 18.7. The lowest BCUT2D eigenvalue weighted by Gasteiger charge is -2.34.